The van der Waals surface area contributed by atoms with Crippen molar-refractivity contribution in [1.82, 2.24) is 9.97 Å². The van der Waals surface area contributed by atoms with Crippen LogP contribution in [0.5, 0.6) is 0 Å². The Morgan fingerprint density at radius 1 is 1.23 bits per heavy atom. The van der Waals surface area contributed by atoms with Crippen LogP contribution in [0.2, 0.25) is 0 Å². The van der Waals surface area contributed by atoms with Crippen LogP contribution in [-0.2, 0) is 0 Å². The number of carbonyl (C=O) groups is 1. The van der Waals surface area contributed by atoms with Crippen molar-refractivity contribution in [2.75, 3.05) is 23.3 Å². The van der Waals surface area contributed by atoms with Gasteiger partial charge >= 0.3 is 0 Å². The molecular formula is C21H28N4O. The fourth-order valence-corrected chi connectivity index (χ4v) is 3.40. The fourth-order valence-electron chi connectivity index (χ4n) is 3.40. The second-order valence-corrected chi connectivity index (χ2v) is 7.58. The minimum atomic E-state index is -0.185. The van der Waals surface area contributed by atoms with Crippen LogP contribution in [-0.4, -0.2) is 29.0 Å². The Labute approximate surface area is 155 Å². The second kappa shape index (κ2) is 7.85. The molecule has 138 valence electrons. The summed E-state index contributed by atoms with van der Waals surface area (Å²) in [6, 6.07) is 7.91. The van der Waals surface area contributed by atoms with Gasteiger partial charge in [0, 0.05) is 24.8 Å². The number of hydrogen-bond donors (Lipinski definition) is 1. The summed E-state index contributed by atoms with van der Waals surface area (Å²) in [6.07, 6.45) is 3.81. The average molecular weight is 352 g/mol. The van der Waals surface area contributed by atoms with E-state index in [0.717, 1.165) is 54.5 Å². The Balaban J connectivity index is 1.80. The van der Waals surface area contributed by atoms with Gasteiger partial charge in [-0.25, -0.2) is 9.97 Å². The lowest BCUT2D eigenvalue weighted by Crippen LogP contribution is -2.33. The molecule has 0 radical (unpaired) electrons. The summed E-state index contributed by atoms with van der Waals surface area (Å²) in [5, 5.41) is 3.07. The Bertz CT molecular complexity index is 779. The number of rotatable bonds is 4. The molecule has 1 saturated heterocycles. The molecule has 1 N–H and O–H groups in total. The van der Waals surface area contributed by atoms with Crippen molar-refractivity contribution < 1.29 is 4.79 Å². The highest BCUT2D eigenvalue weighted by Gasteiger charge is 2.19. The number of aryl methyl sites for hydroxylation is 1. The van der Waals surface area contributed by atoms with Crippen LogP contribution in [0.1, 0.15) is 61.1 Å². The number of benzene rings is 1. The molecule has 5 heteroatoms. The summed E-state index contributed by atoms with van der Waals surface area (Å²) in [6.45, 7) is 10.5. The van der Waals surface area contributed by atoms with Crippen molar-refractivity contribution in [2.24, 2.45) is 5.92 Å². The van der Waals surface area contributed by atoms with Gasteiger partial charge in [-0.1, -0.05) is 39.0 Å². The van der Waals surface area contributed by atoms with Crippen molar-refractivity contribution in [2.45, 2.75) is 46.5 Å². The first-order chi connectivity index (χ1) is 12.5. The predicted octanol–water partition coefficient (Wildman–Crippen LogP) is 4.40. The molecule has 0 bridgehead atoms. The summed E-state index contributed by atoms with van der Waals surface area (Å²) in [5.41, 5.74) is 3.49. The number of nitrogens with one attached hydrogen (secondary N) is 1. The molecule has 0 atom stereocenters. The minimum Gasteiger partial charge on any atom is -0.356 e. The second-order valence-electron chi connectivity index (χ2n) is 7.58. The monoisotopic (exact) mass is 352 g/mol. The van der Waals surface area contributed by atoms with Crippen LogP contribution in [0.3, 0.4) is 0 Å². The van der Waals surface area contributed by atoms with Crippen molar-refractivity contribution >= 4 is 17.4 Å². The molecule has 2 aromatic rings. The van der Waals surface area contributed by atoms with Crippen LogP contribution in [0.15, 0.2) is 30.6 Å². The molecule has 26 heavy (non-hydrogen) atoms. The van der Waals surface area contributed by atoms with Crippen molar-refractivity contribution in [3.8, 4) is 0 Å². The third-order valence-electron chi connectivity index (χ3n) is 5.16. The van der Waals surface area contributed by atoms with Crippen molar-refractivity contribution in [1.29, 1.82) is 0 Å². The highest BCUT2D eigenvalue weighted by Crippen LogP contribution is 2.28. The molecule has 1 aliphatic heterocycles. The number of aromatic nitrogens is 2. The van der Waals surface area contributed by atoms with Crippen LogP contribution in [0.4, 0.5) is 11.5 Å². The van der Waals surface area contributed by atoms with E-state index >= 15 is 0 Å². The number of piperidine rings is 1. The fraction of sp³-hybridized carbons (Fsp3) is 0.476. The Kier molecular flexibility index (Phi) is 5.55. The van der Waals surface area contributed by atoms with Gasteiger partial charge in [0.05, 0.1) is 0 Å². The van der Waals surface area contributed by atoms with Gasteiger partial charge in [0.15, 0.2) is 0 Å². The van der Waals surface area contributed by atoms with E-state index < -0.39 is 0 Å². The molecular weight excluding hydrogens is 324 g/mol. The summed E-state index contributed by atoms with van der Waals surface area (Å²) >= 11 is 0. The smallest absolute Gasteiger partial charge is 0.274 e. The SMILES string of the molecule is Cc1cccc(C(C)C)c1NC(=O)c1cc(N2CCC(C)CC2)ncn1. The molecule has 1 aromatic heterocycles. The van der Waals surface area contributed by atoms with Crippen molar-refractivity contribution in [3.05, 3.63) is 47.4 Å². The summed E-state index contributed by atoms with van der Waals surface area (Å²) in [7, 11) is 0. The van der Waals surface area contributed by atoms with E-state index in [0.29, 0.717) is 11.6 Å². The molecule has 1 aromatic carbocycles. The highest BCUT2D eigenvalue weighted by atomic mass is 16.1. The van der Waals surface area contributed by atoms with Gasteiger partial charge in [-0.2, -0.15) is 0 Å². The Morgan fingerprint density at radius 3 is 2.65 bits per heavy atom. The molecule has 0 unspecified atom stereocenters. The Morgan fingerprint density at radius 2 is 1.96 bits per heavy atom. The van der Waals surface area contributed by atoms with Gasteiger partial charge in [0.25, 0.3) is 5.91 Å². The molecule has 3 rings (SSSR count). The zero-order valence-electron chi connectivity index (χ0n) is 16.1. The first-order valence-corrected chi connectivity index (χ1v) is 9.43. The number of nitrogens with zero attached hydrogens (tertiary/aromatic N) is 3. The van der Waals surface area contributed by atoms with E-state index in [1.54, 1.807) is 6.07 Å². The van der Waals surface area contributed by atoms with Gasteiger partial charge < -0.3 is 10.2 Å². The zero-order chi connectivity index (χ0) is 18.7. The molecule has 2 heterocycles. The molecule has 5 nitrogen and oxygen atoms in total. The molecule has 0 spiro atoms. The zero-order valence-corrected chi connectivity index (χ0v) is 16.1. The van der Waals surface area contributed by atoms with E-state index in [1.807, 2.05) is 19.1 Å². The lowest BCUT2D eigenvalue weighted by Gasteiger charge is -2.31. The molecule has 0 saturated carbocycles. The maximum Gasteiger partial charge on any atom is 0.274 e. The van der Waals surface area contributed by atoms with Gasteiger partial charge in [-0.3, -0.25) is 4.79 Å². The number of hydrogen-bond acceptors (Lipinski definition) is 4. The lowest BCUT2D eigenvalue weighted by molar-refractivity contribution is 0.102. The normalized spacial score (nSPS) is 15.3. The van der Waals surface area contributed by atoms with Gasteiger partial charge in [0.1, 0.15) is 17.8 Å². The highest BCUT2D eigenvalue weighted by molar-refractivity contribution is 6.04. The number of anilines is 2. The summed E-state index contributed by atoms with van der Waals surface area (Å²) in [4.78, 5) is 23.6. The van der Waals surface area contributed by atoms with Crippen LogP contribution < -0.4 is 10.2 Å². The summed E-state index contributed by atoms with van der Waals surface area (Å²) in [5.74, 6) is 1.74. The number of carbonyl (C=O) groups excluding carboxylic acids is 1. The topological polar surface area (TPSA) is 58.1 Å². The molecule has 1 amide bonds. The van der Waals surface area contributed by atoms with Crippen LogP contribution in [0.25, 0.3) is 0 Å². The number of para-hydroxylation sites is 1. The first kappa shape index (κ1) is 18.4. The third kappa shape index (κ3) is 4.03. The average Bonchev–Trinajstić information content (AvgIpc) is 2.64. The predicted molar refractivity (Wildman–Crippen MR) is 106 cm³/mol. The largest absolute Gasteiger partial charge is 0.356 e. The maximum atomic E-state index is 12.8. The lowest BCUT2D eigenvalue weighted by atomic mass is 9.98. The molecule has 1 fully saturated rings. The van der Waals surface area contributed by atoms with Crippen LogP contribution >= 0.6 is 0 Å². The van der Waals surface area contributed by atoms with Gasteiger partial charge in [-0.15, -0.1) is 0 Å². The van der Waals surface area contributed by atoms with E-state index in [4.69, 9.17) is 0 Å². The standard InChI is InChI=1S/C21H28N4O/c1-14(2)17-7-5-6-16(4)20(17)24-21(26)18-12-19(23-13-22-18)25-10-8-15(3)9-11-25/h5-7,12-15H,8-11H2,1-4H3,(H,24,26). The third-order valence-corrected chi connectivity index (χ3v) is 5.16. The first-order valence-electron chi connectivity index (χ1n) is 9.43. The van der Waals surface area contributed by atoms with E-state index in [9.17, 15) is 4.79 Å². The van der Waals surface area contributed by atoms with E-state index in [2.05, 4.69) is 47.0 Å². The minimum absolute atomic E-state index is 0.185. The molecule has 0 aliphatic carbocycles. The Hall–Kier alpha value is -2.43. The van der Waals surface area contributed by atoms with E-state index in [-0.39, 0.29) is 5.91 Å². The van der Waals surface area contributed by atoms with Gasteiger partial charge in [0.2, 0.25) is 0 Å². The maximum absolute atomic E-state index is 12.8. The number of amides is 1. The van der Waals surface area contributed by atoms with E-state index in [1.165, 1.54) is 6.33 Å². The van der Waals surface area contributed by atoms with Gasteiger partial charge in [-0.05, 0) is 42.7 Å². The quantitative estimate of drug-likeness (QED) is 0.886. The molecule has 1 aliphatic rings. The van der Waals surface area contributed by atoms with Crippen molar-refractivity contribution in [3.63, 3.8) is 0 Å². The van der Waals surface area contributed by atoms with Crippen LogP contribution in [0, 0.1) is 12.8 Å². The summed E-state index contributed by atoms with van der Waals surface area (Å²) < 4.78 is 0.